The maximum Gasteiger partial charge on any atom is 0.0900 e. The van der Waals surface area contributed by atoms with Gasteiger partial charge in [0.05, 0.1) is 10.7 Å². The number of nitrogens with two attached hydrogens (primary N) is 1. The summed E-state index contributed by atoms with van der Waals surface area (Å²) in [6.07, 6.45) is 2.02. The van der Waals surface area contributed by atoms with Crippen LogP contribution in [0.25, 0.3) is 0 Å². The molecule has 0 radical (unpaired) electrons. The van der Waals surface area contributed by atoms with Crippen molar-refractivity contribution in [2.24, 2.45) is 5.73 Å². The van der Waals surface area contributed by atoms with Crippen molar-refractivity contribution in [2.45, 2.75) is 52.6 Å². The summed E-state index contributed by atoms with van der Waals surface area (Å²) in [5.74, 6) is 0. The van der Waals surface area contributed by atoms with Crippen molar-refractivity contribution < 1.29 is 0 Å². The zero-order chi connectivity index (χ0) is 12.2. The van der Waals surface area contributed by atoms with Crippen LogP contribution in [0.2, 0.25) is 0 Å². The molecular weight excluding hydrogens is 218 g/mol. The summed E-state index contributed by atoms with van der Waals surface area (Å²) in [7, 11) is 0. The van der Waals surface area contributed by atoms with Gasteiger partial charge in [0.25, 0.3) is 0 Å². The maximum absolute atomic E-state index is 6.23. The summed E-state index contributed by atoms with van der Waals surface area (Å²) in [5.41, 5.74) is 7.31. The molecule has 0 amide bonds. The molecule has 4 heteroatoms. The molecule has 0 aromatic carbocycles. The highest BCUT2D eigenvalue weighted by molar-refractivity contribution is 7.11. The molecule has 3 nitrogen and oxygen atoms in total. The van der Waals surface area contributed by atoms with Crippen LogP contribution in [0, 0.1) is 13.8 Å². The summed E-state index contributed by atoms with van der Waals surface area (Å²) in [4.78, 5) is 5.74. The average molecular weight is 241 g/mol. The summed E-state index contributed by atoms with van der Waals surface area (Å²) < 4.78 is 0. The average Bonchev–Trinajstić information content (AvgIpc) is 2.57. The summed E-state index contributed by atoms with van der Waals surface area (Å²) in [5, 5.41) is 4.58. The van der Waals surface area contributed by atoms with E-state index in [-0.39, 0.29) is 5.54 Å². The highest BCUT2D eigenvalue weighted by Gasteiger charge is 2.19. The molecule has 1 aromatic rings. The summed E-state index contributed by atoms with van der Waals surface area (Å²) in [6, 6.07) is 0. The van der Waals surface area contributed by atoms with Gasteiger partial charge in [0.15, 0.2) is 0 Å². The third-order valence-corrected chi connectivity index (χ3v) is 4.24. The number of hydrogen-bond acceptors (Lipinski definition) is 4. The Hall–Kier alpha value is -0.450. The number of aryl methyl sites for hydroxylation is 2. The first-order valence-corrected chi connectivity index (χ1v) is 6.75. The van der Waals surface area contributed by atoms with Gasteiger partial charge in [-0.15, -0.1) is 11.3 Å². The Morgan fingerprint density at radius 3 is 2.38 bits per heavy atom. The van der Waals surface area contributed by atoms with Gasteiger partial charge in [-0.1, -0.05) is 13.8 Å². The van der Waals surface area contributed by atoms with Gasteiger partial charge in [-0.25, -0.2) is 4.98 Å². The molecule has 1 rings (SSSR count). The van der Waals surface area contributed by atoms with E-state index < -0.39 is 0 Å². The lowest BCUT2D eigenvalue weighted by molar-refractivity contribution is 0.369. The number of rotatable bonds is 6. The van der Waals surface area contributed by atoms with E-state index in [2.05, 4.69) is 31.1 Å². The van der Waals surface area contributed by atoms with E-state index in [1.807, 2.05) is 6.92 Å². The lowest BCUT2D eigenvalue weighted by Crippen LogP contribution is -2.47. The standard InChI is InChI=1S/C12H23N3S/c1-5-12(13,6-2)8-14-7-11-9(3)15-10(4)16-11/h14H,5-8,13H2,1-4H3. The fraction of sp³-hybridized carbons (Fsp3) is 0.750. The lowest BCUT2D eigenvalue weighted by Gasteiger charge is -2.26. The molecule has 0 aliphatic heterocycles. The molecule has 0 spiro atoms. The number of hydrogen-bond donors (Lipinski definition) is 2. The largest absolute Gasteiger partial charge is 0.324 e. The Morgan fingerprint density at radius 1 is 1.31 bits per heavy atom. The second-order valence-corrected chi connectivity index (χ2v) is 5.70. The van der Waals surface area contributed by atoms with Crippen LogP contribution in [0.15, 0.2) is 0 Å². The molecule has 0 saturated carbocycles. The minimum atomic E-state index is -0.0619. The number of thiazole rings is 1. The van der Waals surface area contributed by atoms with Crippen molar-refractivity contribution in [1.29, 1.82) is 0 Å². The number of nitrogens with zero attached hydrogens (tertiary/aromatic N) is 1. The molecule has 0 saturated heterocycles. The Morgan fingerprint density at radius 2 is 1.94 bits per heavy atom. The SMILES string of the molecule is CCC(N)(CC)CNCc1sc(C)nc1C. The van der Waals surface area contributed by atoms with Crippen molar-refractivity contribution >= 4 is 11.3 Å². The lowest BCUT2D eigenvalue weighted by atomic mass is 9.94. The molecule has 92 valence electrons. The van der Waals surface area contributed by atoms with Crippen molar-refractivity contribution in [3.63, 3.8) is 0 Å². The zero-order valence-electron chi connectivity index (χ0n) is 10.8. The van der Waals surface area contributed by atoms with Gasteiger partial charge in [-0.05, 0) is 26.7 Å². The van der Waals surface area contributed by atoms with Gasteiger partial charge in [-0.3, -0.25) is 0 Å². The highest BCUT2D eigenvalue weighted by atomic mass is 32.1. The number of nitrogens with one attached hydrogen (secondary N) is 1. The third kappa shape index (κ3) is 3.54. The van der Waals surface area contributed by atoms with Crippen LogP contribution >= 0.6 is 11.3 Å². The molecule has 0 atom stereocenters. The van der Waals surface area contributed by atoms with E-state index in [0.717, 1.165) is 36.6 Å². The molecule has 16 heavy (non-hydrogen) atoms. The maximum atomic E-state index is 6.23. The Balaban J connectivity index is 2.44. The third-order valence-electron chi connectivity index (χ3n) is 3.17. The normalized spacial score (nSPS) is 12.1. The second kappa shape index (κ2) is 5.75. The van der Waals surface area contributed by atoms with Crippen molar-refractivity contribution in [2.75, 3.05) is 6.54 Å². The minimum Gasteiger partial charge on any atom is -0.324 e. The van der Waals surface area contributed by atoms with Crippen molar-refractivity contribution in [3.8, 4) is 0 Å². The molecule has 0 unspecified atom stereocenters. The predicted octanol–water partition coefficient (Wildman–Crippen LogP) is 2.37. The van der Waals surface area contributed by atoms with E-state index >= 15 is 0 Å². The Labute approximate surface area is 102 Å². The zero-order valence-corrected chi connectivity index (χ0v) is 11.6. The smallest absolute Gasteiger partial charge is 0.0900 e. The monoisotopic (exact) mass is 241 g/mol. The van der Waals surface area contributed by atoms with Crippen molar-refractivity contribution in [3.05, 3.63) is 15.6 Å². The first kappa shape index (κ1) is 13.6. The van der Waals surface area contributed by atoms with Gasteiger partial charge in [0.2, 0.25) is 0 Å². The molecular formula is C12H23N3S. The van der Waals surface area contributed by atoms with E-state index in [4.69, 9.17) is 5.73 Å². The Bertz CT molecular complexity index is 329. The summed E-state index contributed by atoms with van der Waals surface area (Å²) in [6.45, 7) is 10.2. The first-order chi connectivity index (χ1) is 7.50. The fourth-order valence-electron chi connectivity index (χ4n) is 1.66. The molecule has 0 bridgehead atoms. The van der Waals surface area contributed by atoms with Crippen LogP contribution in [0.4, 0.5) is 0 Å². The topological polar surface area (TPSA) is 50.9 Å². The van der Waals surface area contributed by atoms with Gasteiger partial charge >= 0.3 is 0 Å². The van der Waals surface area contributed by atoms with E-state index in [9.17, 15) is 0 Å². The van der Waals surface area contributed by atoms with Gasteiger partial charge < -0.3 is 11.1 Å². The van der Waals surface area contributed by atoms with Gasteiger partial charge in [0.1, 0.15) is 0 Å². The second-order valence-electron chi connectivity index (χ2n) is 4.41. The molecule has 0 aliphatic carbocycles. The minimum absolute atomic E-state index is 0.0619. The van der Waals surface area contributed by atoms with E-state index in [0.29, 0.717) is 0 Å². The quantitative estimate of drug-likeness (QED) is 0.804. The van der Waals surface area contributed by atoms with Crippen LogP contribution in [-0.2, 0) is 6.54 Å². The first-order valence-electron chi connectivity index (χ1n) is 5.93. The molecule has 0 aliphatic rings. The van der Waals surface area contributed by atoms with Gasteiger partial charge in [-0.2, -0.15) is 0 Å². The van der Waals surface area contributed by atoms with Crippen LogP contribution in [0.5, 0.6) is 0 Å². The van der Waals surface area contributed by atoms with E-state index in [1.165, 1.54) is 4.88 Å². The van der Waals surface area contributed by atoms with Crippen molar-refractivity contribution in [1.82, 2.24) is 10.3 Å². The van der Waals surface area contributed by atoms with Crippen LogP contribution in [0.3, 0.4) is 0 Å². The van der Waals surface area contributed by atoms with Crippen LogP contribution in [0.1, 0.15) is 42.3 Å². The molecule has 1 aromatic heterocycles. The molecule has 1 heterocycles. The van der Waals surface area contributed by atoms with Crippen LogP contribution < -0.4 is 11.1 Å². The van der Waals surface area contributed by atoms with Crippen LogP contribution in [-0.4, -0.2) is 17.1 Å². The Kier molecular flexibility index (Phi) is 4.89. The van der Waals surface area contributed by atoms with E-state index in [1.54, 1.807) is 11.3 Å². The predicted molar refractivity (Wildman–Crippen MR) is 70.8 cm³/mol. The molecule has 0 fully saturated rings. The number of aromatic nitrogens is 1. The van der Waals surface area contributed by atoms with Gasteiger partial charge in [0, 0.05) is 23.5 Å². The highest BCUT2D eigenvalue weighted by Crippen LogP contribution is 2.17. The molecule has 3 N–H and O–H groups in total. The fourth-order valence-corrected chi connectivity index (χ4v) is 2.57. The summed E-state index contributed by atoms with van der Waals surface area (Å²) >= 11 is 1.77.